The van der Waals surface area contributed by atoms with Crippen LogP contribution in [0, 0.1) is 6.92 Å². The Bertz CT molecular complexity index is 294. The Labute approximate surface area is 82.1 Å². The Kier molecular flexibility index (Phi) is 2.84. The second kappa shape index (κ2) is 3.50. The SMILES string of the molecule is Cc1c(Br)ccc(Br)c1C=O. The van der Waals surface area contributed by atoms with E-state index in [0.717, 1.165) is 20.8 Å². The zero-order valence-electron chi connectivity index (χ0n) is 5.90. The van der Waals surface area contributed by atoms with Crippen LogP contribution in [-0.4, -0.2) is 6.29 Å². The Balaban J connectivity index is 3.40. The highest BCUT2D eigenvalue weighted by Gasteiger charge is 2.04. The van der Waals surface area contributed by atoms with Crippen LogP contribution in [0.5, 0.6) is 0 Å². The van der Waals surface area contributed by atoms with E-state index in [2.05, 4.69) is 31.9 Å². The molecule has 0 saturated heterocycles. The van der Waals surface area contributed by atoms with Crippen molar-refractivity contribution in [2.24, 2.45) is 0 Å². The van der Waals surface area contributed by atoms with E-state index in [1.165, 1.54) is 0 Å². The Morgan fingerprint density at radius 2 is 1.82 bits per heavy atom. The molecule has 1 nitrogen and oxygen atoms in total. The van der Waals surface area contributed by atoms with E-state index in [1.54, 1.807) is 0 Å². The predicted molar refractivity (Wildman–Crippen MR) is 52.0 cm³/mol. The number of carbonyl (C=O) groups excluding carboxylic acids is 1. The average Bonchev–Trinajstić information content (AvgIpc) is 1.99. The number of halogens is 2. The van der Waals surface area contributed by atoms with Crippen LogP contribution in [0.4, 0.5) is 0 Å². The molecule has 58 valence electrons. The van der Waals surface area contributed by atoms with Crippen molar-refractivity contribution in [1.29, 1.82) is 0 Å². The van der Waals surface area contributed by atoms with Crippen molar-refractivity contribution < 1.29 is 4.79 Å². The lowest BCUT2D eigenvalue weighted by molar-refractivity contribution is 0.112. The zero-order chi connectivity index (χ0) is 8.43. The molecule has 0 aliphatic rings. The minimum Gasteiger partial charge on any atom is -0.298 e. The summed E-state index contributed by atoms with van der Waals surface area (Å²) in [7, 11) is 0. The molecule has 0 aliphatic heterocycles. The van der Waals surface area contributed by atoms with E-state index in [1.807, 2.05) is 19.1 Å². The minimum atomic E-state index is 0.708. The normalized spacial score (nSPS) is 9.73. The minimum absolute atomic E-state index is 0.708. The van der Waals surface area contributed by atoms with Crippen LogP contribution in [0.1, 0.15) is 15.9 Å². The topological polar surface area (TPSA) is 17.1 Å². The molecule has 0 fully saturated rings. The van der Waals surface area contributed by atoms with Crippen molar-refractivity contribution in [1.82, 2.24) is 0 Å². The number of aldehydes is 1. The fraction of sp³-hybridized carbons (Fsp3) is 0.125. The van der Waals surface area contributed by atoms with Gasteiger partial charge in [0.1, 0.15) is 0 Å². The predicted octanol–water partition coefficient (Wildman–Crippen LogP) is 3.33. The lowest BCUT2D eigenvalue weighted by Crippen LogP contribution is -1.88. The Morgan fingerprint density at radius 3 is 2.27 bits per heavy atom. The summed E-state index contributed by atoms with van der Waals surface area (Å²) >= 11 is 6.63. The molecule has 11 heavy (non-hydrogen) atoms. The highest BCUT2D eigenvalue weighted by molar-refractivity contribution is 9.11. The first-order valence-electron chi connectivity index (χ1n) is 3.06. The number of carbonyl (C=O) groups is 1. The van der Waals surface area contributed by atoms with Crippen LogP contribution in [0.2, 0.25) is 0 Å². The van der Waals surface area contributed by atoms with Crippen molar-refractivity contribution in [3.63, 3.8) is 0 Å². The van der Waals surface area contributed by atoms with Gasteiger partial charge in [0.15, 0.2) is 6.29 Å². The smallest absolute Gasteiger partial charge is 0.151 e. The van der Waals surface area contributed by atoms with Crippen molar-refractivity contribution in [3.8, 4) is 0 Å². The molecule has 0 amide bonds. The molecule has 0 radical (unpaired) electrons. The van der Waals surface area contributed by atoms with Crippen LogP contribution in [0.25, 0.3) is 0 Å². The molecule has 0 aliphatic carbocycles. The molecular formula is C8H6Br2O. The highest BCUT2D eigenvalue weighted by atomic mass is 79.9. The molecule has 1 rings (SSSR count). The number of hydrogen-bond donors (Lipinski definition) is 0. The van der Waals surface area contributed by atoms with Gasteiger partial charge >= 0.3 is 0 Å². The third-order valence-corrected chi connectivity index (χ3v) is 3.06. The van der Waals surface area contributed by atoms with Gasteiger partial charge in [0.2, 0.25) is 0 Å². The van der Waals surface area contributed by atoms with Crippen molar-refractivity contribution in [2.45, 2.75) is 6.92 Å². The molecule has 0 heterocycles. The largest absolute Gasteiger partial charge is 0.298 e. The first-order valence-corrected chi connectivity index (χ1v) is 4.65. The van der Waals surface area contributed by atoms with E-state index >= 15 is 0 Å². The first kappa shape index (κ1) is 8.94. The van der Waals surface area contributed by atoms with Gasteiger partial charge in [-0.3, -0.25) is 4.79 Å². The van der Waals surface area contributed by atoms with Crippen molar-refractivity contribution in [3.05, 3.63) is 32.2 Å². The third-order valence-electron chi connectivity index (χ3n) is 1.51. The monoisotopic (exact) mass is 276 g/mol. The van der Waals surface area contributed by atoms with Crippen LogP contribution in [0.3, 0.4) is 0 Å². The van der Waals surface area contributed by atoms with Crippen molar-refractivity contribution >= 4 is 38.1 Å². The molecular weight excluding hydrogens is 272 g/mol. The van der Waals surface area contributed by atoms with Gasteiger partial charge in [-0.1, -0.05) is 31.9 Å². The van der Waals surface area contributed by atoms with E-state index in [0.29, 0.717) is 5.56 Å². The van der Waals surface area contributed by atoms with Gasteiger partial charge < -0.3 is 0 Å². The number of rotatable bonds is 1. The molecule has 0 spiro atoms. The molecule has 3 heteroatoms. The van der Waals surface area contributed by atoms with Gasteiger partial charge in [-0.2, -0.15) is 0 Å². The molecule has 0 saturated carbocycles. The summed E-state index contributed by atoms with van der Waals surface area (Å²) in [5.74, 6) is 0. The fourth-order valence-electron chi connectivity index (χ4n) is 0.814. The van der Waals surface area contributed by atoms with E-state index in [4.69, 9.17) is 0 Å². The van der Waals surface area contributed by atoms with Crippen LogP contribution >= 0.6 is 31.9 Å². The molecule has 0 atom stereocenters. The fourth-order valence-corrected chi connectivity index (χ4v) is 1.68. The Morgan fingerprint density at radius 1 is 1.27 bits per heavy atom. The summed E-state index contributed by atoms with van der Waals surface area (Å²) in [5, 5.41) is 0. The van der Waals surface area contributed by atoms with Crippen LogP contribution in [-0.2, 0) is 0 Å². The first-order chi connectivity index (χ1) is 5.16. The standard InChI is InChI=1S/C8H6Br2O/c1-5-6(4-11)8(10)3-2-7(5)9/h2-4H,1H3. The Hall–Kier alpha value is -0.150. The maximum atomic E-state index is 10.5. The second-order valence-corrected chi connectivity index (χ2v) is 3.89. The summed E-state index contributed by atoms with van der Waals surface area (Å²) in [4.78, 5) is 10.5. The van der Waals surface area contributed by atoms with E-state index in [-0.39, 0.29) is 0 Å². The number of benzene rings is 1. The zero-order valence-corrected chi connectivity index (χ0v) is 9.07. The van der Waals surface area contributed by atoms with E-state index in [9.17, 15) is 4.79 Å². The van der Waals surface area contributed by atoms with Gasteiger partial charge in [0.25, 0.3) is 0 Å². The van der Waals surface area contributed by atoms with Gasteiger partial charge in [-0.25, -0.2) is 0 Å². The summed E-state index contributed by atoms with van der Waals surface area (Å²) in [6.07, 6.45) is 0.851. The maximum absolute atomic E-state index is 10.5. The average molecular weight is 278 g/mol. The quantitative estimate of drug-likeness (QED) is 0.720. The van der Waals surface area contributed by atoms with Gasteiger partial charge in [-0.15, -0.1) is 0 Å². The van der Waals surface area contributed by atoms with Crippen molar-refractivity contribution in [2.75, 3.05) is 0 Å². The lowest BCUT2D eigenvalue weighted by atomic mass is 10.1. The summed E-state index contributed by atoms with van der Waals surface area (Å²) in [6, 6.07) is 3.76. The molecule has 1 aromatic rings. The molecule has 1 aromatic carbocycles. The second-order valence-electron chi connectivity index (χ2n) is 2.19. The van der Waals surface area contributed by atoms with Gasteiger partial charge in [-0.05, 0) is 24.6 Å². The summed E-state index contributed by atoms with van der Waals surface area (Å²) in [5.41, 5.74) is 1.67. The van der Waals surface area contributed by atoms with Gasteiger partial charge in [0.05, 0.1) is 0 Å². The van der Waals surface area contributed by atoms with Crippen LogP contribution < -0.4 is 0 Å². The summed E-state index contributed by atoms with van der Waals surface area (Å²) in [6.45, 7) is 1.90. The van der Waals surface area contributed by atoms with E-state index < -0.39 is 0 Å². The third kappa shape index (κ3) is 1.71. The molecule has 0 N–H and O–H groups in total. The number of hydrogen-bond acceptors (Lipinski definition) is 1. The molecule has 0 bridgehead atoms. The lowest BCUT2D eigenvalue weighted by Gasteiger charge is -2.02. The molecule has 0 aromatic heterocycles. The highest BCUT2D eigenvalue weighted by Crippen LogP contribution is 2.25. The molecule has 0 unspecified atom stereocenters. The van der Waals surface area contributed by atoms with Crippen LogP contribution in [0.15, 0.2) is 21.1 Å². The van der Waals surface area contributed by atoms with Gasteiger partial charge in [0, 0.05) is 14.5 Å². The maximum Gasteiger partial charge on any atom is 0.151 e. The summed E-state index contributed by atoms with van der Waals surface area (Å²) < 4.78 is 1.80.